The average Bonchev–Trinajstić information content (AvgIpc) is 2.89. The maximum Gasteiger partial charge on any atom is 0.255 e. The van der Waals surface area contributed by atoms with Crippen LogP contribution in [0.25, 0.3) is 0 Å². The van der Waals surface area contributed by atoms with E-state index in [1.807, 2.05) is 12.1 Å². The van der Waals surface area contributed by atoms with E-state index in [1.54, 1.807) is 36.6 Å². The fourth-order valence-corrected chi connectivity index (χ4v) is 3.12. The van der Waals surface area contributed by atoms with E-state index in [4.69, 9.17) is 9.47 Å². The number of amides is 1. The van der Waals surface area contributed by atoms with Crippen molar-refractivity contribution in [2.45, 2.75) is 6.54 Å². The Hall–Kier alpha value is -1.53. The van der Waals surface area contributed by atoms with Crippen LogP contribution in [-0.4, -0.2) is 20.1 Å². The molecule has 0 aliphatic rings. The van der Waals surface area contributed by atoms with E-state index in [9.17, 15) is 4.79 Å². The molecule has 0 saturated heterocycles. The van der Waals surface area contributed by atoms with Crippen LogP contribution in [0.4, 0.5) is 0 Å². The number of hydrogen-bond acceptors (Lipinski definition) is 4. The molecule has 1 heterocycles. The summed E-state index contributed by atoms with van der Waals surface area (Å²) in [5, 5.41) is 2.87. The van der Waals surface area contributed by atoms with Crippen LogP contribution in [0.3, 0.4) is 0 Å². The number of carbonyl (C=O) groups is 1. The molecule has 106 valence electrons. The van der Waals surface area contributed by atoms with Gasteiger partial charge in [-0.05, 0) is 46.3 Å². The highest BCUT2D eigenvalue weighted by Gasteiger charge is 2.13. The second kappa shape index (κ2) is 6.76. The zero-order valence-electron chi connectivity index (χ0n) is 11.1. The Balaban J connectivity index is 2.11. The molecule has 0 unspecified atom stereocenters. The number of methoxy groups -OCH3 is 2. The molecule has 0 fully saturated rings. The maximum atomic E-state index is 12.2. The van der Waals surface area contributed by atoms with Gasteiger partial charge in [-0.2, -0.15) is 0 Å². The molecule has 1 N–H and O–H groups in total. The van der Waals surface area contributed by atoms with Gasteiger partial charge < -0.3 is 14.8 Å². The van der Waals surface area contributed by atoms with Gasteiger partial charge in [-0.15, -0.1) is 11.3 Å². The van der Waals surface area contributed by atoms with Gasteiger partial charge in [-0.25, -0.2) is 0 Å². The van der Waals surface area contributed by atoms with Gasteiger partial charge in [0.2, 0.25) is 0 Å². The van der Waals surface area contributed by atoms with Gasteiger partial charge in [0.05, 0.1) is 30.1 Å². The number of thiophene rings is 1. The van der Waals surface area contributed by atoms with E-state index < -0.39 is 0 Å². The highest BCUT2D eigenvalue weighted by molar-refractivity contribution is 9.11. The van der Waals surface area contributed by atoms with Gasteiger partial charge in [0.1, 0.15) is 11.5 Å². The molecule has 0 radical (unpaired) electrons. The van der Waals surface area contributed by atoms with Gasteiger partial charge >= 0.3 is 0 Å². The van der Waals surface area contributed by atoms with Crippen molar-refractivity contribution < 1.29 is 14.3 Å². The van der Waals surface area contributed by atoms with Crippen LogP contribution in [0.2, 0.25) is 0 Å². The molecule has 0 bridgehead atoms. The predicted molar refractivity (Wildman–Crippen MR) is 82.7 cm³/mol. The van der Waals surface area contributed by atoms with Crippen LogP contribution in [0.15, 0.2) is 34.1 Å². The molecular formula is C14H14BrNO3S. The lowest BCUT2D eigenvalue weighted by Gasteiger charge is -2.10. The zero-order valence-corrected chi connectivity index (χ0v) is 13.5. The molecule has 4 nitrogen and oxygen atoms in total. The van der Waals surface area contributed by atoms with E-state index in [-0.39, 0.29) is 5.91 Å². The third-order valence-corrected chi connectivity index (χ3v) is 4.33. The molecule has 1 amide bonds. The maximum absolute atomic E-state index is 12.2. The van der Waals surface area contributed by atoms with Crippen molar-refractivity contribution in [1.82, 2.24) is 5.32 Å². The molecule has 1 aromatic heterocycles. The number of hydrogen-bond donors (Lipinski definition) is 1. The largest absolute Gasteiger partial charge is 0.497 e. The quantitative estimate of drug-likeness (QED) is 0.893. The standard InChI is InChI=1S/C14H14BrNO3S/c1-18-9-3-5-12(19-2)11(7-9)14(17)16-8-10-4-6-13(15)20-10/h3-7H,8H2,1-2H3,(H,16,17). The Morgan fingerprint density at radius 3 is 2.65 bits per heavy atom. The number of nitrogens with one attached hydrogen (secondary N) is 1. The number of halogens is 1. The topological polar surface area (TPSA) is 47.6 Å². The first-order valence-electron chi connectivity index (χ1n) is 5.88. The molecular weight excluding hydrogens is 342 g/mol. The van der Waals surface area contributed by atoms with Crippen LogP contribution in [0.5, 0.6) is 11.5 Å². The Labute approximate surface area is 129 Å². The lowest BCUT2D eigenvalue weighted by atomic mass is 10.1. The fraction of sp³-hybridized carbons (Fsp3) is 0.214. The number of rotatable bonds is 5. The summed E-state index contributed by atoms with van der Waals surface area (Å²) < 4.78 is 11.4. The zero-order chi connectivity index (χ0) is 14.5. The Morgan fingerprint density at radius 2 is 2.05 bits per heavy atom. The van der Waals surface area contributed by atoms with E-state index in [0.717, 1.165) is 8.66 Å². The monoisotopic (exact) mass is 355 g/mol. The molecule has 0 atom stereocenters. The first kappa shape index (κ1) is 14.9. The van der Waals surface area contributed by atoms with Crippen molar-refractivity contribution >= 4 is 33.2 Å². The summed E-state index contributed by atoms with van der Waals surface area (Å²) >= 11 is 4.98. The first-order chi connectivity index (χ1) is 9.63. The Kier molecular flexibility index (Phi) is 5.03. The minimum absolute atomic E-state index is 0.190. The Bertz CT molecular complexity index is 612. The Morgan fingerprint density at radius 1 is 1.25 bits per heavy atom. The molecule has 1 aromatic carbocycles. The summed E-state index contributed by atoms with van der Waals surface area (Å²) in [7, 11) is 3.10. The van der Waals surface area contributed by atoms with Crippen LogP contribution in [0, 0.1) is 0 Å². The normalized spacial score (nSPS) is 10.2. The van der Waals surface area contributed by atoms with Crippen LogP contribution >= 0.6 is 27.3 Å². The minimum atomic E-state index is -0.190. The third kappa shape index (κ3) is 3.52. The lowest BCUT2D eigenvalue weighted by Crippen LogP contribution is -2.22. The van der Waals surface area contributed by atoms with Gasteiger partial charge in [0, 0.05) is 4.88 Å². The summed E-state index contributed by atoms with van der Waals surface area (Å²) in [5.74, 6) is 0.954. The van der Waals surface area contributed by atoms with Crippen LogP contribution in [0.1, 0.15) is 15.2 Å². The minimum Gasteiger partial charge on any atom is -0.497 e. The highest BCUT2D eigenvalue weighted by Crippen LogP contribution is 2.25. The van der Waals surface area contributed by atoms with Gasteiger partial charge in [-0.1, -0.05) is 0 Å². The van der Waals surface area contributed by atoms with Crippen molar-refractivity contribution in [2.24, 2.45) is 0 Å². The van der Waals surface area contributed by atoms with E-state index in [2.05, 4.69) is 21.2 Å². The fourth-order valence-electron chi connectivity index (χ4n) is 1.70. The van der Waals surface area contributed by atoms with Gasteiger partial charge in [0.25, 0.3) is 5.91 Å². The summed E-state index contributed by atoms with van der Waals surface area (Å²) in [6.07, 6.45) is 0. The van der Waals surface area contributed by atoms with Crippen molar-refractivity contribution in [3.05, 3.63) is 44.6 Å². The second-order valence-electron chi connectivity index (χ2n) is 3.95. The van der Waals surface area contributed by atoms with Crippen LogP contribution in [-0.2, 0) is 6.54 Å². The highest BCUT2D eigenvalue weighted by atomic mass is 79.9. The number of benzene rings is 1. The molecule has 2 rings (SSSR count). The van der Waals surface area contributed by atoms with Gasteiger partial charge in [-0.3, -0.25) is 4.79 Å². The number of ether oxygens (including phenoxy) is 2. The first-order valence-corrected chi connectivity index (χ1v) is 7.49. The molecule has 0 spiro atoms. The summed E-state index contributed by atoms with van der Waals surface area (Å²) in [5.41, 5.74) is 0.461. The average molecular weight is 356 g/mol. The molecule has 0 aliphatic carbocycles. The summed E-state index contributed by atoms with van der Waals surface area (Å²) in [6, 6.07) is 9.07. The molecule has 0 saturated carbocycles. The summed E-state index contributed by atoms with van der Waals surface area (Å²) in [4.78, 5) is 13.3. The smallest absolute Gasteiger partial charge is 0.255 e. The van der Waals surface area contributed by atoms with E-state index in [0.29, 0.717) is 23.6 Å². The molecule has 6 heteroatoms. The SMILES string of the molecule is COc1ccc(OC)c(C(=O)NCc2ccc(Br)s2)c1. The number of carbonyl (C=O) groups excluding carboxylic acids is 1. The van der Waals surface area contributed by atoms with Crippen molar-refractivity contribution in [1.29, 1.82) is 0 Å². The molecule has 2 aromatic rings. The van der Waals surface area contributed by atoms with Gasteiger partial charge in [0.15, 0.2) is 0 Å². The predicted octanol–water partition coefficient (Wildman–Crippen LogP) is 3.46. The van der Waals surface area contributed by atoms with Crippen molar-refractivity contribution in [3.63, 3.8) is 0 Å². The van der Waals surface area contributed by atoms with Crippen molar-refractivity contribution in [2.75, 3.05) is 14.2 Å². The lowest BCUT2D eigenvalue weighted by molar-refractivity contribution is 0.0948. The third-order valence-electron chi connectivity index (χ3n) is 2.70. The van der Waals surface area contributed by atoms with Crippen molar-refractivity contribution in [3.8, 4) is 11.5 Å². The second-order valence-corrected chi connectivity index (χ2v) is 6.50. The molecule has 20 heavy (non-hydrogen) atoms. The van der Waals surface area contributed by atoms with Crippen LogP contribution < -0.4 is 14.8 Å². The molecule has 0 aliphatic heterocycles. The van der Waals surface area contributed by atoms with E-state index in [1.165, 1.54) is 7.11 Å². The summed E-state index contributed by atoms with van der Waals surface area (Å²) in [6.45, 7) is 0.482. The van der Waals surface area contributed by atoms with E-state index >= 15 is 0 Å².